The van der Waals surface area contributed by atoms with Crippen LogP contribution in [0.15, 0.2) is 12.1 Å². The molecule has 5 nitrogen and oxygen atoms in total. The van der Waals surface area contributed by atoms with Gasteiger partial charge in [-0.1, -0.05) is 0 Å². The summed E-state index contributed by atoms with van der Waals surface area (Å²) in [4.78, 5) is 22.2. The standard InChI is InChI=1S/C8H6N2O3/c9-4-2-1-3-5(6(4)11)8(13)10-7(3)12/h1-2,11H,9H2,(H,10,12,13). The number of anilines is 1. The van der Waals surface area contributed by atoms with Crippen LogP contribution in [0.1, 0.15) is 20.7 Å². The second kappa shape index (κ2) is 2.22. The highest BCUT2D eigenvalue weighted by Crippen LogP contribution is 2.30. The molecule has 0 atom stereocenters. The summed E-state index contributed by atoms with van der Waals surface area (Å²) in [5, 5.41) is 11.4. The number of rotatable bonds is 0. The molecule has 0 aromatic heterocycles. The molecular formula is C8H6N2O3. The highest BCUT2D eigenvalue weighted by molar-refractivity contribution is 6.23. The molecule has 0 unspecified atom stereocenters. The van der Waals surface area contributed by atoms with Crippen LogP contribution >= 0.6 is 0 Å². The lowest BCUT2D eigenvalue weighted by atomic mass is 10.1. The molecule has 2 amide bonds. The van der Waals surface area contributed by atoms with Crippen molar-refractivity contribution in [2.75, 3.05) is 5.73 Å². The SMILES string of the molecule is Nc1ccc2c(c1O)C(=O)NC2=O. The molecule has 66 valence electrons. The summed E-state index contributed by atoms with van der Waals surface area (Å²) in [5.41, 5.74) is 5.57. The van der Waals surface area contributed by atoms with Crippen LogP contribution in [-0.4, -0.2) is 16.9 Å². The van der Waals surface area contributed by atoms with Gasteiger partial charge in [0, 0.05) is 0 Å². The maximum atomic E-state index is 11.1. The molecular weight excluding hydrogens is 172 g/mol. The summed E-state index contributed by atoms with van der Waals surface area (Å²) < 4.78 is 0. The van der Waals surface area contributed by atoms with Crippen molar-refractivity contribution in [3.8, 4) is 5.75 Å². The second-order valence-corrected chi connectivity index (χ2v) is 2.71. The number of hydrogen-bond acceptors (Lipinski definition) is 4. The van der Waals surface area contributed by atoms with E-state index in [1.807, 2.05) is 0 Å². The van der Waals surface area contributed by atoms with Gasteiger partial charge in [-0.25, -0.2) is 0 Å². The summed E-state index contributed by atoms with van der Waals surface area (Å²) in [6.45, 7) is 0. The summed E-state index contributed by atoms with van der Waals surface area (Å²) >= 11 is 0. The predicted molar refractivity (Wildman–Crippen MR) is 44.3 cm³/mol. The molecule has 0 spiro atoms. The lowest BCUT2D eigenvalue weighted by Crippen LogP contribution is -2.19. The molecule has 0 saturated carbocycles. The number of hydrogen-bond donors (Lipinski definition) is 3. The molecule has 0 saturated heterocycles. The van der Waals surface area contributed by atoms with Crippen molar-refractivity contribution in [1.29, 1.82) is 0 Å². The number of benzene rings is 1. The van der Waals surface area contributed by atoms with E-state index in [2.05, 4.69) is 5.32 Å². The van der Waals surface area contributed by atoms with Gasteiger partial charge in [0.05, 0.1) is 16.8 Å². The van der Waals surface area contributed by atoms with Crippen molar-refractivity contribution in [3.05, 3.63) is 23.3 Å². The molecule has 1 aromatic rings. The van der Waals surface area contributed by atoms with Gasteiger partial charge in [-0.05, 0) is 12.1 Å². The zero-order chi connectivity index (χ0) is 9.59. The molecule has 0 fully saturated rings. The first-order valence-corrected chi connectivity index (χ1v) is 3.58. The largest absolute Gasteiger partial charge is 0.505 e. The van der Waals surface area contributed by atoms with E-state index >= 15 is 0 Å². The molecule has 1 aromatic carbocycles. The van der Waals surface area contributed by atoms with Crippen molar-refractivity contribution in [3.63, 3.8) is 0 Å². The summed E-state index contributed by atoms with van der Waals surface area (Å²) in [5.74, 6) is -1.44. The lowest BCUT2D eigenvalue weighted by molar-refractivity contribution is 0.0879. The van der Waals surface area contributed by atoms with Crippen LogP contribution < -0.4 is 11.1 Å². The van der Waals surface area contributed by atoms with Crippen LogP contribution in [0.5, 0.6) is 5.75 Å². The third-order valence-corrected chi connectivity index (χ3v) is 1.91. The number of nitrogens with two attached hydrogens (primary N) is 1. The van der Waals surface area contributed by atoms with Crippen LogP contribution in [0.25, 0.3) is 0 Å². The monoisotopic (exact) mass is 178 g/mol. The third-order valence-electron chi connectivity index (χ3n) is 1.91. The number of nitrogen functional groups attached to an aromatic ring is 1. The average molecular weight is 178 g/mol. The predicted octanol–water partition coefficient (Wildman–Crippen LogP) is -0.142. The molecule has 2 rings (SSSR count). The van der Waals surface area contributed by atoms with E-state index in [4.69, 9.17) is 5.73 Å². The van der Waals surface area contributed by atoms with Crippen molar-refractivity contribution < 1.29 is 14.7 Å². The van der Waals surface area contributed by atoms with Gasteiger partial charge in [0.2, 0.25) is 0 Å². The van der Waals surface area contributed by atoms with Crippen LogP contribution in [0.4, 0.5) is 5.69 Å². The second-order valence-electron chi connectivity index (χ2n) is 2.71. The van der Waals surface area contributed by atoms with Gasteiger partial charge in [0.15, 0.2) is 5.75 Å². The Morgan fingerprint density at radius 3 is 2.62 bits per heavy atom. The zero-order valence-corrected chi connectivity index (χ0v) is 6.50. The first kappa shape index (κ1) is 7.60. The minimum atomic E-state index is -0.607. The van der Waals surface area contributed by atoms with E-state index in [1.165, 1.54) is 12.1 Å². The number of aromatic hydroxyl groups is 1. The Hall–Kier alpha value is -2.04. The summed E-state index contributed by atoms with van der Waals surface area (Å²) in [7, 11) is 0. The van der Waals surface area contributed by atoms with Gasteiger partial charge < -0.3 is 10.8 Å². The maximum absolute atomic E-state index is 11.1. The zero-order valence-electron chi connectivity index (χ0n) is 6.50. The Labute approximate surface area is 73.2 Å². The maximum Gasteiger partial charge on any atom is 0.262 e. The van der Waals surface area contributed by atoms with Crippen LogP contribution in [0.2, 0.25) is 0 Å². The number of nitrogens with one attached hydrogen (secondary N) is 1. The number of carbonyl (C=O) groups is 2. The summed E-state index contributed by atoms with van der Waals surface area (Å²) in [6.07, 6.45) is 0. The molecule has 13 heavy (non-hydrogen) atoms. The van der Waals surface area contributed by atoms with Gasteiger partial charge in [-0.2, -0.15) is 0 Å². The molecule has 0 bridgehead atoms. The Balaban J connectivity index is 2.78. The van der Waals surface area contributed by atoms with Crippen molar-refractivity contribution in [2.45, 2.75) is 0 Å². The van der Waals surface area contributed by atoms with Gasteiger partial charge in [-0.15, -0.1) is 0 Å². The number of phenols is 1. The Morgan fingerprint density at radius 2 is 1.92 bits per heavy atom. The van der Waals surface area contributed by atoms with Crippen LogP contribution in [-0.2, 0) is 0 Å². The molecule has 1 heterocycles. The van der Waals surface area contributed by atoms with E-state index < -0.39 is 11.8 Å². The molecule has 5 heteroatoms. The highest BCUT2D eigenvalue weighted by Gasteiger charge is 2.30. The number of fused-ring (bicyclic) bond motifs is 1. The first-order chi connectivity index (χ1) is 6.11. The van der Waals surface area contributed by atoms with Gasteiger partial charge >= 0.3 is 0 Å². The topological polar surface area (TPSA) is 92.4 Å². The minimum Gasteiger partial charge on any atom is -0.505 e. The van der Waals surface area contributed by atoms with Crippen LogP contribution in [0.3, 0.4) is 0 Å². The first-order valence-electron chi connectivity index (χ1n) is 3.58. The highest BCUT2D eigenvalue weighted by atomic mass is 16.3. The number of imide groups is 1. The van der Waals surface area contributed by atoms with E-state index in [9.17, 15) is 14.7 Å². The van der Waals surface area contributed by atoms with Gasteiger partial charge in [0.1, 0.15) is 0 Å². The normalized spacial score (nSPS) is 14.2. The Morgan fingerprint density at radius 1 is 1.23 bits per heavy atom. The fourth-order valence-corrected chi connectivity index (χ4v) is 1.26. The van der Waals surface area contributed by atoms with E-state index in [0.29, 0.717) is 0 Å². The Bertz CT molecular complexity index is 426. The minimum absolute atomic E-state index is 0.0370. The molecule has 4 N–H and O–H groups in total. The van der Waals surface area contributed by atoms with Crippen molar-refractivity contribution in [1.82, 2.24) is 5.32 Å². The van der Waals surface area contributed by atoms with Crippen molar-refractivity contribution in [2.24, 2.45) is 0 Å². The van der Waals surface area contributed by atoms with Gasteiger partial charge in [-0.3, -0.25) is 14.9 Å². The third kappa shape index (κ3) is 0.868. The number of amides is 2. The van der Waals surface area contributed by atoms with Crippen LogP contribution in [0, 0.1) is 0 Å². The number of carbonyl (C=O) groups excluding carboxylic acids is 2. The molecule has 0 radical (unpaired) electrons. The Kier molecular flexibility index (Phi) is 1.30. The molecule has 0 aliphatic carbocycles. The van der Waals surface area contributed by atoms with E-state index in [0.717, 1.165) is 0 Å². The fraction of sp³-hybridized carbons (Fsp3) is 0. The average Bonchev–Trinajstić information content (AvgIpc) is 2.35. The molecule has 1 aliphatic rings. The lowest BCUT2D eigenvalue weighted by Gasteiger charge is -2.00. The van der Waals surface area contributed by atoms with E-state index in [1.54, 1.807) is 0 Å². The molecule has 1 aliphatic heterocycles. The van der Waals surface area contributed by atoms with Crippen molar-refractivity contribution >= 4 is 17.5 Å². The smallest absolute Gasteiger partial charge is 0.262 e. The summed E-state index contributed by atoms with van der Waals surface area (Å²) in [6, 6.07) is 2.79. The quantitative estimate of drug-likeness (QED) is 0.293. The van der Waals surface area contributed by atoms with Gasteiger partial charge in [0.25, 0.3) is 11.8 Å². The van der Waals surface area contributed by atoms with E-state index in [-0.39, 0.29) is 22.6 Å². The number of phenolic OH excluding ortho intramolecular Hbond substituents is 1. The fourth-order valence-electron chi connectivity index (χ4n) is 1.26.